The monoisotopic (exact) mass is 426 g/mol. The van der Waals surface area contributed by atoms with Crippen LogP contribution in [-0.4, -0.2) is 67.1 Å². The SMILES string of the molecule is COc1ccc(C2(C(=O)N3CCCC(N(C(=O)C4CC4)C4CCOCC4)C3)CC2)cc1. The van der Waals surface area contributed by atoms with Gasteiger partial charge in [0.25, 0.3) is 0 Å². The zero-order valence-electron chi connectivity index (χ0n) is 18.6. The Morgan fingerprint density at radius 3 is 2.35 bits per heavy atom. The molecule has 0 aromatic heterocycles. The van der Waals surface area contributed by atoms with E-state index in [1.807, 2.05) is 24.3 Å². The van der Waals surface area contributed by atoms with Crippen molar-refractivity contribution < 1.29 is 19.1 Å². The molecule has 2 saturated carbocycles. The van der Waals surface area contributed by atoms with Crippen molar-refractivity contribution >= 4 is 11.8 Å². The minimum Gasteiger partial charge on any atom is -0.497 e. The van der Waals surface area contributed by atoms with Crippen LogP contribution in [0.5, 0.6) is 5.75 Å². The summed E-state index contributed by atoms with van der Waals surface area (Å²) >= 11 is 0. The first-order chi connectivity index (χ1) is 15.1. The second-order valence-corrected chi connectivity index (χ2v) is 9.72. The van der Waals surface area contributed by atoms with Gasteiger partial charge in [-0.3, -0.25) is 9.59 Å². The van der Waals surface area contributed by atoms with Crippen LogP contribution in [0.3, 0.4) is 0 Å². The lowest BCUT2D eigenvalue weighted by Crippen LogP contribution is -2.57. The van der Waals surface area contributed by atoms with Gasteiger partial charge in [-0.2, -0.15) is 0 Å². The Bertz CT molecular complexity index is 809. The summed E-state index contributed by atoms with van der Waals surface area (Å²) in [5.74, 6) is 1.59. The normalized spacial score (nSPS) is 25.7. The number of piperidine rings is 1. The number of likely N-dealkylation sites (tertiary alicyclic amines) is 1. The third-order valence-electron chi connectivity index (χ3n) is 7.64. The molecule has 168 valence electrons. The molecule has 2 heterocycles. The zero-order chi connectivity index (χ0) is 21.4. The predicted octanol–water partition coefficient (Wildman–Crippen LogP) is 3.14. The van der Waals surface area contributed by atoms with E-state index in [0.717, 1.165) is 82.4 Å². The Kier molecular flexibility index (Phi) is 5.67. The lowest BCUT2D eigenvalue weighted by molar-refractivity contribution is -0.146. The predicted molar refractivity (Wildman–Crippen MR) is 117 cm³/mol. The molecule has 1 aromatic carbocycles. The van der Waals surface area contributed by atoms with Crippen LogP contribution in [0.4, 0.5) is 0 Å². The Morgan fingerprint density at radius 2 is 1.74 bits per heavy atom. The van der Waals surface area contributed by atoms with Crippen LogP contribution in [-0.2, 0) is 19.7 Å². The molecule has 1 atom stereocenters. The third-order valence-corrected chi connectivity index (χ3v) is 7.64. The molecule has 1 unspecified atom stereocenters. The van der Waals surface area contributed by atoms with Gasteiger partial charge in [-0.1, -0.05) is 12.1 Å². The van der Waals surface area contributed by atoms with Crippen molar-refractivity contribution in [2.24, 2.45) is 5.92 Å². The number of carbonyl (C=O) groups excluding carboxylic acids is 2. The van der Waals surface area contributed by atoms with E-state index in [1.165, 1.54) is 0 Å². The first kappa shape index (κ1) is 20.8. The molecule has 2 saturated heterocycles. The lowest BCUT2D eigenvalue weighted by atomic mass is 9.92. The minimum absolute atomic E-state index is 0.139. The molecular weight excluding hydrogens is 392 g/mol. The van der Waals surface area contributed by atoms with Gasteiger partial charge in [0.1, 0.15) is 5.75 Å². The molecule has 6 nitrogen and oxygen atoms in total. The van der Waals surface area contributed by atoms with E-state index in [4.69, 9.17) is 9.47 Å². The highest BCUT2D eigenvalue weighted by molar-refractivity contribution is 5.91. The van der Waals surface area contributed by atoms with Gasteiger partial charge in [0.05, 0.1) is 12.5 Å². The van der Waals surface area contributed by atoms with Crippen molar-refractivity contribution in [3.05, 3.63) is 29.8 Å². The molecule has 4 fully saturated rings. The Morgan fingerprint density at radius 1 is 1.03 bits per heavy atom. The molecule has 4 aliphatic rings. The summed E-state index contributed by atoms with van der Waals surface area (Å²) in [6.07, 6.45) is 7.65. The molecular formula is C25H34N2O4. The Hall–Kier alpha value is -2.08. The maximum atomic E-state index is 13.7. The smallest absolute Gasteiger partial charge is 0.233 e. The molecule has 31 heavy (non-hydrogen) atoms. The van der Waals surface area contributed by atoms with Gasteiger partial charge in [0.2, 0.25) is 11.8 Å². The average Bonchev–Trinajstić information content (AvgIpc) is 3.73. The quantitative estimate of drug-likeness (QED) is 0.701. The first-order valence-corrected chi connectivity index (χ1v) is 12.0. The second kappa shape index (κ2) is 8.45. The number of nitrogens with zero attached hydrogens (tertiary/aromatic N) is 2. The minimum atomic E-state index is -0.377. The summed E-state index contributed by atoms with van der Waals surface area (Å²) in [6, 6.07) is 8.37. The number of methoxy groups -OCH3 is 1. The van der Waals surface area contributed by atoms with E-state index < -0.39 is 0 Å². The summed E-state index contributed by atoms with van der Waals surface area (Å²) in [5, 5.41) is 0. The summed E-state index contributed by atoms with van der Waals surface area (Å²) in [7, 11) is 1.66. The zero-order valence-corrected chi connectivity index (χ0v) is 18.6. The van der Waals surface area contributed by atoms with Crippen molar-refractivity contribution in [3.63, 3.8) is 0 Å². The van der Waals surface area contributed by atoms with Crippen LogP contribution in [0.15, 0.2) is 24.3 Å². The van der Waals surface area contributed by atoms with Gasteiger partial charge in [-0.25, -0.2) is 0 Å². The van der Waals surface area contributed by atoms with Gasteiger partial charge in [0, 0.05) is 44.3 Å². The number of hydrogen-bond donors (Lipinski definition) is 0. The van der Waals surface area contributed by atoms with Crippen molar-refractivity contribution in [1.82, 2.24) is 9.80 Å². The van der Waals surface area contributed by atoms with Crippen LogP contribution < -0.4 is 4.74 Å². The molecule has 0 N–H and O–H groups in total. The lowest BCUT2D eigenvalue weighted by Gasteiger charge is -2.45. The summed E-state index contributed by atoms with van der Waals surface area (Å²) in [5.41, 5.74) is 0.716. The van der Waals surface area contributed by atoms with Crippen LogP contribution >= 0.6 is 0 Å². The summed E-state index contributed by atoms with van der Waals surface area (Å²) in [4.78, 5) is 31.2. The fraction of sp³-hybridized carbons (Fsp3) is 0.680. The molecule has 2 aliphatic carbocycles. The van der Waals surface area contributed by atoms with Gasteiger partial charge < -0.3 is 19.3 Å². The molecule has 0 spiro atoms. The summed E-state index contributed by atoms with van der Waals surface area (Å²) in [6.45, 7) is 2.93. The standard InChI is InChI=1S/C25H34N2O4/c1-30-22-8-6-19(7-9-22)25(12-13-25)24(29)26-14-2-3-21(17-26)27(23(28)18-4-5-18)20-10-15-31-16-11-20/h6-9,18,20-21H,2-5,10-17H2,1H3. The van der Waals surface area contributed by atoms with E-state index in [-0.39, 0.29) is 29.3 Å². The highest BCUT2D eigenvalue weighted by Gasteiger charge is 2.54. The van der Waals surface area contributed by atoms with E-state index in [0.29, 0.717) is 12.5 Å². The average molecular weight is 427 g/mol. The second-order valence-electron chi connectivity index (χ2n) is 9.72. The molecule has 2 amide bonds. The Labute approximate surface area is 184 Å². The maximum Gasteiger partial charge on any atom is 0.233 e. The van der Waals surface area contributed by atoms with Crippen LogP contribution in [0.2, 0.25) is 0 Å². The fourth-order valence-electron chi connectivity index (χ4n) is 5.49. The number of carbonyl (C=O) groups is 2. The topological polar surface area (TPSA) is 59.1 Å². The van der Waals surface area contributed by atoms with Crippen molar-refractivity contribution in [1.29, 1.82) is 0 Å². The van der Waals surface area contributed by atoms with Crippen molar-refractivity contribution in [2.45, 2.75) is 68.9 Å². The van der Waals surface area contributed by atoms with Crippen molar-refractivity contribution in [2.75, 3.05) is 33.4 Å². The van der Waals surface area contributed by atoms with Crippen molar-refractivity contribution in [3.8, 4) is 5.75 Å². The number of benzene rings is 1. The number of hydrogen-bond acceptors (Lipinski definition) is 4. The highest BCUT2D eigenvalue weighted by Crippen LogP contribution is 2.50. The highest BCUT2D eigenvalue weighted by atomic mass is 16.5. The van der Waals surface area contributed by atoms with Crippen LogP contribution in [0, 0.1) is 5.92 Å². The summed E-state index contributed by atoms with van der Waals surface area (Å²) < 4.78 is 10.8. The molecule has 6 heteroatoms. The van der Waals surface area contributed by atoms with Gasteiger partial charge in [0.15, 0.2) is 0 Å². The van der Waals surface area contributed by atoms with E-state index in [1.54, 1.807) is 7.11 Å². The molecule has 5 rings (SSSR count). The molecule has 0 radical (unpaired) electrons. The first-order valence-electron chi connectivity index (χ1n) is 12.0. The number of amides is 2. The van der Waals surface area contributed by atoms with E-state index in [9.17, 15) is 9.59 Å². The van der Waals surface area contributed by atoms with Gasteiger partial charge in [-0.05, 0) is 69.1 Å². The Balaban J connectivity index is 1.32. The number of ether oxygens (including phenoxy) is 2. The van der Waals surface area contributed by atoms with Crippen LogP contribution in [0.1, 0.15) is 56.9 Å². The maximum absolute atomic E-state index is 13.7. The van der Waals surface area contributed by atoms with E-state index in [2.05, 4.69) is 9.80 Å². The largest absolute Gasteiger partial charge is 0.497 e. The molecule has 0 bridgehead atoms. The van der Waals surface area contributed by atoms with E-state index >= 15 is 0 Å². The van der Waals surface area contributed by atoms with Gasteiger partial charge >= 0.3 is 0 Å². The van der Waals surface area contributed by atoms with Gasteiger partial charge in [-0.15, -0.1) is 0 Å². The molecule has 2 aliphatic heterocycles. The van der Waals surface area contributed by atoms with Crippen LogP contribution in [0.25, 0.3) is 0 Å². The third kappa shape index (κ3) is 4.07. The fourth-order valence-corrected chi connectivity index (χ4v) is 5.49. The molecule has 1 aromatic rings. The number of rotatable bonds is 6.